The molecule has 1 amide bonds. The van der Waals surface area contributed by atoms with Gasteiger partial charge in [-0.25, -0.2) is 4.39 Å². The van der Waals surface area contributed by atoms with Crippen molar-refractivity contribution in [2.75, 3.05) is 12.3 Å². The van der Waals surface area contributed by atoms with Crippen LogP contribution in [-0.4, -0.2) is 18.2 Å². The molecular weight excluding hydrogens is 333 g/mol. The summed E-state index contributed by atoms with van der Waals surface area (Å²) in [5.74, 6) is 0.541. The van der Waals surface area contributed by atoms with E-state index >= 15 is 0 Å². The summed E-state index contributed by atoms with van der Waals surface area (Å²) in [6.45, 7) is 2.66. The largest absolute Gasteiger partial charge is 0.355 e. The van der Waals surface area contributed by atoms with E-state index in [0.29, 0.717) is 22.9 Å². The van der Waals surface area contributed by atoms with Crippen LogP contribution in [0.5, 0.6) is 0 Å². The number of carbonyl (C=O) groups excluding carboxylic acids is 1. The topological polar surface area (TPSA) is 29.1 Å². The van der Waals surface area contributed by atoms with Crippen LogP contribution >= 0.6 is 23.4 Å². The lowest BCUT2D eigenvalue weighted by Crippen LogP contribution is -2.29. The number of rotatable bonds is 7. The molecule has 2 aromatic carbocycles. The highest BCUT2D eigenvalue weighted by atomic mass is 35.5. The van der Waals surface area contributed by atoms with E-state index in [4.69, 9.17) is 11.6 Å². The predicted octanol–water partition coefficient (Wildman–Crippen LogP) is 4.63. The fraction of sp³-hybridized carbons (Fsp3) is 0.278. The highest BCUT2D eigenvalue weighted by Crippen LogP contribution is 2.23. The van der Waals surface area contributed by atoms with Crippen LogP contribution in [-0.2, 0) is 10.5 Å². The summed E-state index contributed by atoms with van der Waals surface area (Å²) in [5, 5.41) is 3.31. The number of carbonyl (C=O) groups is 1. The second-order valence-corrected chi connectivity index (χ2v) is 6.70. The molecule has 0 aliphatic heterocycles. The average Bonchev–Trinajstić information content (AvgIpc) is 2.56. The second-order valence-electron chi connectivity index (χ2n) is 5.31. The fourth-order valence-electron chi connectivity index (χ4n) is 2.13. The Labute approximate surface area is 145 Å². The minimum absolute atomic E-state index is 0.0507. The Morgan fingerprint density at radius 2 is 1.96 bits per heavy atom. The molecular formula is C18H19ClFNOS. The maximum Gasteiger partial charge on any atom is 0.230 e. The minimum Gasteiger partial charge on any atom is -0.355 e. The lowest BCUT2D eigenvalue weighted by molar-refractivity contribution is -0.118. The van der Waals surface area contributed by atoms with Crippen molar-refractivity contribution in [1.29, 1.82) is 0 Å². The second kappa shape index (κ2) is 8.94. The number of hydrogen-bond acceptors (Lipinski definition) is 2. The summed E-state index contributed by atoms with van der Waals surface area (Å²) < 4.78 is 13.6. The molecule has 0 saturated carbocycles. The van der Waals surface area contributed by atoms with Crippen molar-refractivity contribution in [2.45, 2.75) is 18.6 Å². The van der Waals surface area contributed by atoms with Gasteiger partial charge in [0, 0.05) is 22.9 Å². The maximum atomic E-state index is 13.6. The minimum atomic E-state index is -0.330. The molecule has 1 unspecified atom stereocenters. The molecule has 23 heavy (non-hydrogen) atoms. The van der Waals surface area contributed by atoms with E-state index in [1.54, 1.807) is 12.1 Å². The third kappa shape index (κ3) is 5.56. The summed E-state index contributed by atoms with van der Waals surface area (Å²) in [6, 6.07) is 14.6. The number of nitrogens with one attached hydrogen (secondary N) is 1. The number of hydrogen-bond donors (Lipinski definition) is 1. The van der Waals surface area contributed by atoms with E-state index in [-0.39, 0.29) is 23.4 Å². The van der Waals surface area contributed by atoms with Crippen molar-refractivity contribution in [1.82, 2.24) is 5.32 Å². The van der Waals surface area contributed by atoms with Gasteiger partial charge in [0.25, 0.3) is 0 Å². The first-order valence-corrected chi connectivity index (χ1v) is 8.93. The van der Waals surface area contributed by atoms with Crippen molar-refractivity contribution in [3.8, 4) is 0 Å². The molecule has 0 heterocycles. The Kier molecular flexibility index (Phi) is 6.93. The quantitative estimate of drug-likeness (QED) is 0.787. The van der Waals surface area contributed by atoms with Gasteiger partial charge in [-0.2, -0.15) is 0 Å². The molecule has 0 fully saturated rings. The Morgan fingerprint density at radius 1 is 1.22 bits per heavy atom. The van der Waals surface area contributed by atoms with Gasteiger partial charge in [0.05, 0.1) is 5.75 Å². The van der Waals surface area contributed by atoms with Crippen molar-refractivity contribution < 1.29 is 9.18 Å². The Hall–Kier alpha value is -1.52. The van der Waals surface area contributed by atoms with E-state index in [2.05, 4.69) is 12.2 Å². The van der Waals surface area contributed by atoms with Gasteiger partial charge in [-0.15, -0.1) is 11.8 Å². The van der Waals surface area contributed by atoms with Crippen molar-refractivity contribution in [3.05, 3.63) is 70.5 Å². The first-order valence-electron chi connectivity index (χ1n) is 7.40. The summed E-state index contributed by atoms with van der Waals surface area (Å²) in [5.41, 5.74) is 1.64. The van der Waals surface area contributed by atoms with Crippen molar-refractivity contribution in [2.24, 2.45) is 0 Å². The summed E-state index contributed by atoms with van der Waals surface area (Å²) in [4.78, 5) is 11.9. The van der Waals surface area contributed by atoms with Gasteiger partial charge < -0.3 is 5.32 Å². The molecule has 5 heteroatoms. The maximum absolute atomic E-state index is 13.6. The van der Waals surface area contributed by atoms with Gasteiger partial charge in [-0.3, -0.25) is 4.79 Å². The lowest BCUT2D eigenvalue weighted by Gasteiger charge is -2.13. The third-order valence-corrected chi connectivity index (χ3v) is 4.83. The van der Waals surface area contributed by atoms with Gasteiger partial charge >= 0.3 is 0 Å². The average molecular weight is 352 g/mol. The van der Waals surface area contributed by atoms with Gasteiger partial charge in [0.15, 0.2) is 0 Å². The van der Waals surface area contributed by atoms with Crippen LogP contribution in [0.25, 0.3) is 0 Å². The van der Waals surface area contributed by atoms with Crippen molar-refractivity contribution >= 4 is 29.3 Å². The lowest BCUT2D eigenvalue weighted by atomic mass is 10.0. The fourth-order valence-corrected chi connectivity index (χ4v) is 3.33. The van der Waals surface area contributed by atoms with Crippen LogP contribution in [0.15, 0.2) is 48.5 Å². The highest BCUT2D eigenvalue weighted by Gasteiger charge is 2.10. The molecule has 0 aliphatic rings. The van der Waals surface area contributed by atoms with Gasteiger partial charge in [0.2, 0.25) is 5.91 Å². The van der Waals surface area contributed by atoms with Crippen LogP contribution in [0.2, 0.25) is 5.02 Å². The smallest absolute Gasteiger partial charge is 0.230 e. The Morgan fingerprint density at radius 3 is 2.65 bits per heavy atom. The van der Waals surface area contributed by atoms with E-state index < -0.39 is 0 Å². The molecule has 0 radical (unpaired) electrons. The summed E-state index contributed by atoms with van der Waals surface area (Å²) in [6.07, 6.45) is 0. The van der Waals surface area contributed by atoms with Crippen molar-refractivity contribution in [3.63, 3.8) is 0 Å². The first kappa shape index (κ1) is 17.8. The monoisotopic (exact) mass is 351 g/mol. The van der Waals surface area contributed by atoms with Crippen LogP contribution in [0.1, 0.15) is 24.0 Å². The molecule has 0 bridgehead atoms. The highest BCUT2D eigenvalue weighted by molar-refractivity contribution is 7.99. The van der Waals surface area contributed by atoms with Crippen LogP contribution in [0.3, 0.4) is 0 Å². The molecule has 2 rings (SSSR count). The number of thioether (sulfide) groups is 1. The Balaban J connectivity index is 1.73. The molecule has 2 aromatic rings. The van der Waals surface area contributed by atoms with E-state index in [0.717, 1.165) is 0 Å². The van der Waals surface area contributed by atoms with E-state index in [1.807, 2.05) is 30.3 Å². The molecule has 122 valence electrons. The number of benzene rings is 2. The molecule has 1 N–H and O–H groups in total. The van der Waals surface area contributed by atoms with Gasteiger partial charge in [0.1, 0.15) is 5.82 Å². The molecule has 0 saturated heterocycles. The molecule has 0 spiro atoms. The van der Waals surface area contributed by atoms with Gasteiger partial charge in [-0.1, -0.05) is 54.9 Å². The SMILES string of the molecule is CC(CNC(=O)CSCc1c(F)cccc1Cl)c1ccccc1. The number of halogens is 2. The Bertz CT molecular complexity index is 630. The first-order chi connectivity index (χ1) is 11.1. The summed E-state index contributed by atoms with van der Waals surface area (Å²) in [7, 11) is 0. The van der Waals surface area contributed by atoms with Gasteiger partial charge in [-0.05, 0) is 23.6 Å². The molecule has 0 aromatic heterocycles. The van der Waals surface area contributed by atoms with Crippen LogP contribution < -0.4 is 5.32 Å². The normalized spacial score (nSPS) is 12.0. The van der Waals surface area contributed by atoms with Crippen LogP contribution in [0.4, 0.5) is 4.39 Å². The molecule has 0 aliphatic carbocycles. The summed E-state index contributed by atoms with van der Waals surface area (Å²) >= 11 is 7.32. The third-order valence-electron chi connectivity index (χ3n) is 3.52. The zero-order chi connectivity index (χ0) is 16.7. The molecule has 2 nitrogen and oxygen atoms in total. The molecule has 1 atom stereocenters. The zero-order valence-corrected chi connectivity index (χ0v) is 14.5. The zero-order valence-electron chi connectivity index (χ0n) is 12.9. The van der Waals surface area contributed by atoms with E-state index in [1.165, 1.54) is 23.4 Å². The predicted molar refractivity (Wildman–Crippen MR) is 95.4 cm³/mol. The van der Waals surface area contributed by atoms with Crippen LogP contribution in [0, 0.1) is 5.82 Å². The van der Waals surface area contributed by atoms with E-state index in [9.17, 15) is 9.18 Å². The standard InChI is InChI=1S/C18H19ClFNOS/c1-13(14-6-3-2-4-7-14)10-21-18(22)12-23-11-15-16(19)8-5-9-17(15)20/h2-9,13H,10-12H2,1H3,(H,21,22). The number of amides is 1.